The molecule has 7 nitrogen and oxygen atoms in total. The van der Waals surface area contributed by atoms with Gasteiger partial charge < -0.3 is 10.1 Å². The number of hydrogen-bond donors (Lipinski definition) is 1. The van der Waals surface area contributed by atoms with E-state index in [4.69, 9.17) is 4.74 Å². The normalized spacial score (nSPS) is 20.9. The van der Waals surface area contributed by atoms with Crippen LogP contribution in [0.3, 0.4) is 0 Å². The van der Waals surface area contributed by atoms with Crippen molar-refractivity contribution in [2.45, 2.75) is 38.1 Å². The third kappa shape index (κ3) is 4.04. The van der Waals surface area contributed by atoms with Crippen LogP contribution in [0.4, 0.5) is 0 Å². The molecule has 1 aliphatic heterocycles. The Labute approximate surface area is 131 Å². The topological polar surface area (TPSA) is 72.3 Å². The lowest BCUT2D eigenvalue weighted by Gasteiger charge is -2.26. The summed E-state index contributed by atoms with van der Waals surface area (Å²) < 4.78 is 7.18. The monoisotopic (exact) mass is 307 g/mol. The van der Waals surface area contributed by atoms with Crippen molar-refractivity contribution in [2.24, 2.45) is 0 Å². The maximum atomic E-state index is 12.1. The van der Waals surface area contributed by atoms with Crippen LogP contribution in [0, 0.1) is 0 Å². The molecule has 0 unspecified atom stereocenters. The minimum atomic E-state index is -0.129. The summed E-state index contributed by atoms with van der Waals surface area (Å²) >= 11 is 0. The van der Waals surface area contributed by atoms with E-state index in [1.807, 2.05) is 4.68 Å². The van der Waals surface area contributed by atoms with E-state index in [0.717, 1.165) is 45.7 Å². The molecule has 1 aromatic rings. The molecule has 0 spiro atoms. The standard InChI is InChI=1S/C15H25N5O2/c21-15(16-6-7-19-8-10-22-11-9-19)14-12-20(18-17-14)13-4-2-1-3-5-13/h12-13H,1-11H2,(H,16,21). The molecule has 1 N–H and O–H groups in total. The molecule has 122 valence electrons. The maximum Gasteiger partial charge on any atom is 0.273 e. The molecule has 0 radical (unpaired) electrons. The summed E-state index contributed by atoms with van der Waals surface area (Å²) in [4.78, 5) is 14.4. The fraction of sp³-hybridized carbons (Fsp3) is 0.800. The first-order valence-electron chi connectivity index (χ1n) is 8.33. The first-order valence-corrected chi connectivity index (χ1v) is 8.33. The van der Waals surface area contributed by atoms with Gasteiger partial charge in [0.25, 0.3) is 5.91 Å². The van der Waals surface area contributed by atoms with Crippen LogP contribution < -0.4 is 5.32 Å². The second-order valence-corrected chi connectivity index (χ2v) is 6.09. The zero-order valence-corrected chi connectivity index (χ0v) is 13.0. The smallest absolute Gasteiger partial charge is 0.273 e. The quantitative estimate of drug-likeness (QED) is 0.873. The molecule has 1 saturated carbocycles. The average molecular weight is 307 g/mol. The molecule has 3 rings (SSSR count). The van der Waals surface area contributed by atoms with Crippen molar-refractivity contribution in [3.05, 3.63) is 11.9 Å². The Kier molecular flexibility index (Phi) is 5.39. The van der Waals surface area contributed by atoms with Gasteiger partial charge in [-0.05, 0) is 12.8 Å². The molecule has 2 aliphatic rings. The van der Waals surface area contributed by atoms with Crippen molar-refractivity contribution >= 4 is 5.91 Å². The minimum Gasteiger partial charge on any atom is -0.379 e. The van der Waals surface area contributed by atoms with Gasteiger partial charge in [-0.1, -0.05) is 24.5 Å². The van der Waals surface area contributed by atoms with E-state index >= 15 is 0 Å². The lowest BCUT2D eigenvalue weighted by Crippen LogP contribution is -2.41. The Balaban J connectivity index is 1.44. The van der Waals surface area contributed by atoms with Crippen LogP contribution in [0.25, 0.3) is 0 Å². The largest absolute Gasteiger partial charge is 0.379 e. The summed E-state index contributed by atoms with van der Waals surface area (Å²) in [6.07, 6.45) is 7.86. The Morgan fingerprint density at radius 3 is 2.82 bits per heavy atom. The number of nitrogens with one attached hydrogen (secondary N) is 1. The van der Waals surface area contributed by atoms with Gasteiger partial charge in [0.2, 0.25) is 0 Å². The first kappa shape index (κ1) is 15.4. The van der Waals surface area contributed by atoms with Crippen molar-refractivity contribution in [1.82, 2.24) is 25.2 Å². The van der Waals surface area contributed by atoms with Crippen molar-refractivity contribution in [2.75, 3.05) is 39.4 Å². The summed E-state index contributed by atoms with van der Waals surface area (Å²) in [6, 6.07) is 0.413. The van der Waals surface area contributed by atoms with Gasteiger partial charge in [0.15, 0.2) is 5.69 Å². The lowest BCUT2D eigenvalue weighted by molar-refractivity contribution is 0.0383. The van der Waals surface area contributed by atoms with Crippen LogP contribution in [0.15, 0.2) is 6.20 Å². The van der Waals surface area contributed by atoms with Crippen molar-refractivity contribution in [3.63, 3.8) is 0 Å². The van der Waals surface area contributed by atoms with Crippen LogP contribution in [-0.4, -0.2) is 65.2 Å². The number of ether oxygens (including phenoxy) is 1. The van der Waals surface area contributed by atoms with E-state index in [1.54, 1.807) is 6.20 Å². The molecule has 2 heterocycles. The number of carbonyl (C=O) groups excluding carboxylic acids is 1. The predicted molar refractivity (Wildman–Crippen MR) is 81.7 cm³/mol. The van der Waals surface area contributed by atoms with Gasteiger partial charge in [-0.25, -0.2) is 4.68 Å². The highest BCUT2D eigenvalue weighted by Crippen LogP contribution is 2.27. The molecule has 1 saturated heterocycles. The number of morpholine rings is 1. The van der Waals surface area contributed by atoms with E-state index in [-0.39, 0.29) is 5.91 Å². The van der Waals surface area contributed by atoms with Gasteiger partial charge in [-0.2, -0.15) is 0 Å². The molecule has 2 fully saturated rings. The summed E-state index contributed by atoms with van der Waals surface area (Å²) in [5.74, 6) is -0.129. The first-order chi connectivity index (χ1) is 10.8. The van der Waals surface area contributed by atoms with E-state index in [0.29, 0.717) is 18.3 Å². The predicted octanol–water partition coefficient (Wildman–Crippen LogP) is 0.845. The van der Waals surface area contributed by atoms with Crippen molar-refractivity contribution < 1.29 is 9.53 Å². The second kappa shape index (κ2) is 7.69. The summed E-state index contributed by atoms with van der Waals surface area (Å²) in [5.41, 5.74) is 0.424. The third-order valence-corrected chi connectivity index (χ3v) is 4.51. The number of carbonyl (C=O) groups is 1. The molecule has 0 atom stereocenters. The number of amides is 1. The molecular weight excluding hydrogens is 282 g/mol. The maximum absolute atomic E-state index is 12.1. The van der Waals surface area contributed by atoms with Crippen LogP contribution in [-0.2, 0) is 4.74 Å². The van der Waals surface area contributed by atoms with Gasteiger partial charge in [0.05, 0.1) is 25.5 Å². The molecular formula is C15H25N5O2. The van der Waals surface area contributed by atoms with Gasteiger partial charge in [0, 0.05) is 26.2 Å². The fourth-order valence-electron chi connectivity index (χ4n) is 3.15. The van der Waals surface area contributed by atoms with E-state index in [9.17, 15) is 4.79 Å². The molecule has 0 aromatic carbocycles. The number of rotatable bonds is 5. The second-order valence-electron chi connectivity index (χ2n) is 6.09. The van der Waals surface area contributed by atoms with Crippen molar-refractivity contribution in [3.8, 4) is 0 Å². The summed E-state index contributed by atoms with van der Waals surface area (Å²) in [5, 5.41) is 11.1. The van der Waals surface area contributed by atoms with Crippen LogP contribution in [0.2, 0.25) is 0 Å². The zero-order chi connectivity index (χ0) is 15.2. The minimum absolute atomic E-state index is 0.129. The lowest BCUT2D eigenvalue weighted by atomic mass is 9.96. The van der Waals surface area contributed by atoms with Gasteiger partial charge >= 0.3 is 0 Å². The SMILES string of the molecule is O=C(NCCN1CCOCC1)c1cn(C2CCCCC2)nn1. The molecule has 1 amide bonds. The highest BCUT2D eigenvalue weighted by Gasteiger charge is 2.19. The Hall–Kier alpha value is -1.47. The molecule has 22 heavy (non-hydrogen) atoms. The molecule has 7 heteroatoms. The number of aromatic nitrogens is 3. The highest BCUT2D eigenvalue weighted by molar-refractivity contribution is 5.91. The third-order valence-electron chi connectivity index (χ3n) is 4.51. The van der Waals surface area contributed by atoms with Crippen LogP contribution >= 0.6 is 0 Å². The van der Waals surface area contributed by atoms with Gasteiger partial charge in [-0.3, -0.25) is 9.69 Å². The fourth-order valence-corrected chi connectivity index (χ4v) is 3.15. The van der Waals surface area contributed by atoms with Crippen molar-refractivity contribution in [1.29, 1.82) is 0 Å². The Morgan fingerprint density at radius 1 is 1.27 bits per heavy atom. The van der Waals surface area contributed by atoms with E-state index < -0.39 is 0 Å². The Bertz CT molecular complexity index is 478. The van der Waals surface area contributed by atoms with Crippen LogP contribution in [0.1, 0.15) is 48.6 Å². The van der Waals surface area contributed by atoms with Crippen LogP contribution in [0.5, 0.6) is 0 Å². The average Bonchev–Trinajstić information content (AvgIpc) is 3.07. The number of nitrogens with zero attached hydrogens (tertiary/aromatic N) is 4. The van der Waals surface area contributed by atoms with E-state index in [2.05, 4.69) is 20.5 Å². The highest BCUT2D eigenvalue weighted by atomic mass is 16.5. The molecule has 0 bridgehead atoms. The summed E-state index contributed by atoms with van der Waals surface area (Å²) in [7, 11) is 0. The van der Waals surface area contributed by atoms with Gasteiger partial charge in [-0.15, -0.1) is 5.10 Å². The zero-order valence-electron chi connectivity index (χ0n) is 13.0. The van der Waals surface area contributed by atoms with Gasteiger partial charge in [0.1, 0.15) is 0 Å². The molecule has 1 aromatic heterocycles. The number of hydrogen-bond acceptors (Lipinski definition) is 5. The molecule has 1 aliphatic carbocycles. The summed E-state index contributed by atoms with van der Waals surface area (Å²) in [6.45, 7) is 4.93. The Morgan fingerprint density at radius 2 is 2.05 bits per heavy atom. The van der Waals surface area contributed by atoms with E-state index in [1.165, 1.54) is 19.3 Å².